The summed E-state index contributed by atoms with van der Waals surface area (Å²) in [6.45, 7) is 5.52. The van der Waals surface area contributed by atoms with Crippen LogP contribution >= 0.6 is 0 Å². The molecule has 0 saturated heterocycles. The fourth-order valence-electron chi connectivity index (χ4n) is 4.33. The fourth-order valence-corrected chi connectivity index (χ4v) is 4.33. The van der Waals surface area contributed by atoms with Gasteiger partial charge in [0.25, 0.3) is 0 Å². The van der Waals surface area contributed by atoms with Crippen LogP contribution in [0.2, 0.25) is 0 Å². The molecule has 162 valence electrons. The highest BCUT2D eigenvalue weighted by atomic mass is 16.2. The molecule has 4 heteroatoms. The smallest absolute Gasteiger partial charge is 0.226 e. The van der Waals surface area contributed by atoms with Crippen LogP contribution < -0.4 is 10.2 Å². The average Bonchev–Trinajstić information content (AvgIpc) is 3.27. The van der Waals surface area contributed by atoms with E-state index in [1.54, 1.807) is 0 Å². The molecule has 1 atom stereocenters. The zero-order chi connectivity index (χ0) is 20.9. The van der Waals surface area contributed by atoms with E-state index in [1.807, 2.05) is 35.2 Å². The van der Waals surface area contributed by atoms with Gasteiger partial charge in [-0.1, -0.05) is 70.6 Å². The number of anilines is 1. The van der Waals surface area contributed by atoms with E-state index in [2.05, 4.69) is 19.2 Å². The lowest BCUT2D eigenvalue weighted by atomic mass is 9.98. The van der Waals surface area contributed by atoms with E-state index in [4.69, 9.17) is 0 Å². The Morgan fingerprint density at radius 1 is 1.10 bits per heavy atom. The summed E-state index contributed by atoms with van der Waals surface area (Å²) in [5, 5.41) is 3.09. The normalized spacial score (nSPS) is 15.2. The number of amides is 2. The van der Waals surface area contributed by atoms with Crippen molar-refractivity contribution in [2.45, 2.75) is 84.5 Å². The Bertz CT molecular complexity index is 596. The molecule has 1 fully saturated rings. The number of rotatable bonds is 13. The molecule has 0 radical (unpaired) electrons. The van der Waals surface area contributed by atoms with Gasteiger partial charge in [-0.3, -0.25) is 9.59 Å². The summed E-state index contributed by atoms with van der Waals surface area (Å²) < 4.78 is 0. The Kier molecular flexibility index (Phi) is 10.8. The van der Waals surface area contributed by atoms with Gasteiger partial charge in [0.2, 0.25) is 11.8 Å². The van der Waals surface area contributed by atoms with Gasteiger partial charge in [-0.25, -0.2) is 0 Å². The molecule has 4 nitrogen and oxygen atoms in total. The monoisotopic (exact) mass is 400 g/mol. The molecular formula is C25H40N2O2. The van der Waals surface area contributed by atoms with Crippen molar-refractivity contribution in [2.75, 3.05) is 18.0 Å². The number of benzene rings is 1. The molecular weight excluding hydrogens is 360 g/mol. The van der Waals surface area contributed by atoms with Crippen LogP contribution in [0.5, 0.6) is 0 Å². The topological polar surface area (TPSA) is 49.4 Å². The van der Waals surface area contributed by atoms with Crippen LogP contribution in [0.3, 0.4) is 0 Å². The number of carbonyl (C=O) groups is 2. The van der Waals surface area contributed by atoms with Gasteiger partial charge in [0.05, 0.1) is 0 Å². The standard InChI is InChI=1S/C25H40N2O2/c1-3-5-14-22(4-2)25(29)26-19-11-20-27(23-15-7-6-8-16-23)24(28)18-17-21-12-9-10-13-21/h6-8,15-16,21-22H,3-5,9-14,17-20H2,1-2H3,(H,26,29). The van der Waals surface area contributed by atoms with Crippen molar-refractivity contribution in [3.05, 3.63) is 30.3 Å². The molecule has 0 aromatic heterocycles. The molecule has 1 N–H and O–H groups in total. The number of para-hydroxylation sites is 1. The van der Waals surface area contributed by atoms with Gasteiger partial charge in [-0.2, -0.15) is 0 Å². The first-order chi connectivity index (χ1) is 14.2. The number of nitrogens with zero attached hydrogens (tertiary/aromatic N) is 1. The zero-order valence-corrected chi connectivity index (χ0v) is 18.5. The van der Waals surface area contributed by atoms with Crippen LogP contribution in [0, 0.1) is 11.8 Å². The molecule has 0 heterocycles. The molecule has 29 heavy (non-hydrogen) atoms. The molecule has 0 bridgehead atoms. The van der Waals surface area contributed by atoms with Crippen molar-refractivity contribution in [2.24, 2.45) is 11.8 Å². The molecule has 1 aliphatic carbocycles. The maximum Gasteiger partial charge on any atom is 0.226 e. The first kappa shape index (κ1) is 23.4. The third kappa shape index (κ3) is 8.20. The minimum atomic E-state index is 0.119. The van der Waals surface area contributed by atoms with E-state index in [0.29, 0.717) is 19.5 Å². The van der Waals surface area contributed by atoms with Gasteiger partial charge < -0.3 is 10.2 Å². The van der Waals surface area contributed by atoms with Crippen LogP contribution in [-0.4, -0.2) is 24.9 Å². The van der Waals surface area contributed by atoms with Crippen LogP contribution in [-0.2, 0) is 9.59 Å². The molecule has 1 unspecified atom stereocenters. The highest BCUT2D eigenvalue weighted by Gasteiger charge is 2.20. The molecule has 0 spiro atoms. The maximum absolute atomic E-state index is 12.9. The SMILES string of the molecule is CCCCC(CC)C(=O)NCCCN(C(=O)CCC1CCCC1)c1ccccc1. The number of hydrogen-bond donors (Lipinski definition) is 1. The van der Waals surface area contributed by atoms with Crippen LogP contribution in [0.25, 0.3) is 0 Å². The largest absolute Gasteiger partial charge is 0.356 e. The fraction of sp³-hybridized carbons (Fsp3) is 0.680. The second-order valence-corrected chi connectivity index (χ2v) is 8.46. The average molecular weight is 401 g/mol. The van der Waals surface area contributed by atoms with Crippen molar-refractivity contribution in [1.82, 2.24) is 5.32 Å². The third-order valence-electron chi connectivity index (χ3n) is 6.24. The van der Waals surface area contributed by atoms with Crippen molar-refractivity contribution in [3.8, 4) is 0 Å². The predicted molar refractivity (Wildman–Crippen MR) is 121 cm³/mol. The highest BCUT2D eigenvalue weighted by Crippen LogP contribution is 2.29. The Morgan fingerprint density at radius 2 is 1.83 bits per heavy atom. The summed E-state index contributed by atoms with van der Waals surface area (Å²) in [4.78, 5) is 27.2. The van der Waals surface area contributed by atoms with Gasteiger partial charge >= 0.3 is 0 Å². The van der Waals surface area contributed by atoms with Gasteiger partial charge in [0, 0.05) is 31.1 Å². The van der Waals surface area contributed by atoms with E-state index in [0.717, 1.165) is 50.1 Å². The van der Waals surface area contributed by atoms with Gasteiger partial charge in [0.1, 0.15) is 0 Å². The van der Waals surface area contributed by atoms with E-state index in [9.17, 15) is 9.59 Å². The van der Waals surface area contributed by atoms with Crippen LogP contribution in [0.15, 0.2) is 30.3 Å². The Hall–Kier alpha value is -1.84. The predicted octanol–water partition coefficient (Wildman–Crippen LogP) is 5.71. The van der Waals surface area contributed by atoms with Crippen molar-refractivity contribution in [3.63, 3.8) is 0 Å². The molecule has 0 aliphatic heterocycles. The molecule has 2 amide bonds. The minimum Gasteiger partial charge on any atom is -0.356 e. The molecule has 1 aliphatic rings. The number of carbonyl (C=O) groups excluding carboxylic acids is 2. The summed E-state index contributed by atoms with van der Waals surface area (Å²) in [5.41, 5.74) is 0.963. The minimum absolute atomic E-state index is 0.119. The maximum atomic E-state index is 12.9. The number of hydrogen-bond acceptors (Lipinski definition) is 2. The van der Waals surface area contributed by atoms with Crippen molar-refractivity contribution >= 4 is 17.5 Å². The van der Waals surface area contributed by atoms with Gasteiger partial charge in [-0.15, -0.1) is 0 Å². The quantitative estimate of drug-likeness (QED) is 0.431. The Morgan fingerprint density at radius 3 is 2.48 bits per heavy atom. The molecule has 1 aromatic carbocycles. The molecule has 2 rings (SSSR count). The van der Waals surface area contributed by atoms with Gasteiger partial charge in [-0.05, 0) is 43.7 Å². The lowest BCUT2D eigenvalue weighted by molar-refractivity contribution is -0.125. The van der Waals surface area contributed by atoms with Gasteiger partial charge in [0.15, 0.2) is 0 Å². The number of unbranched alkanes of at least 4 members (excludes halogenated alkanes) is 1. The summed E-state index contributed by atoms with van der Waals surface area (Å²) in [5.74, 6) is 1.22. The summed E-state index contributed by atoms with van der Waals surface area (Å²) in [6.07, 6.45) is 11.7. The van der Waals surface area contributed by atoms with E-state index >= 15 is 0 Å². The summed E-state index contributed by atoms with van der Waals surface area (Å²) >= 11 is 0. The number of nitrogens with one attached hydrogen (secondary N) is 1. The zero-order valence-electron chi connectivity index (χ0n) is 18.5. The second-order valence-electron chi connectivity index (χ2n) is 8.46. The summed E-state index contributed by atoms with van der Waals surface area (Å²) in [6, 6.07) is 9.95. The second kappa shape index (κ2) is 13.4. The van der Waals surface area contributed by atoms with Crippen molar-refractivity contribution < 1.29 is 9.59 Å². The Labute approximate surface area is 177 Å². The van der Waals surface area contributed by atoms with E-state index < -0.39 is 0 Å². The lowest BCUT2D eigenvalue weighted by Gasteiger charge is -2.24. The summed E-state index contributed by atoms with van der Waals surface area (Å²) in [7, 11) is 0. The van der Waals surface area contributed by atoms with Crippen LogP contribution in [0.4, 0.5) is 5.69 Å². The Balaban J connectivity index is 1.82. The molecule has 1 saturated carbocycles. The highest BCUT2D eigenvalue weighted by molar-refractivity contribution is 5.93. The molecule has 1 aromatic rings. The first-order valence-electron chi connectivity index (χ1n) is 11.8. The van der Waals surface area contributed by atoms with E-state index in [-0.39, 0.29) is 17.7 Å². The van der Waals surface area contributed by atoms with Crippen LogP contribution in [0.1, 0.15) is 84.5 Å². The van der Waals surface area contributed by atoms with Crippen molar-refractivity contribution in [1.29, 1.82) is 0 Å². The first-order valence-corrected chi connectivity index (χ1v) is 11.8. The van der Waals surface area contributed by atoms with E-state index in [1.165, 1.54) is 25.7 Å². The third-order valence-corrected chi connectivity index (χ3v) is 6.24. The lowest BCUT2D eigenvalue weighted by Crippen LogP contribution is -2.36.